The van der Waals surface area contributed by atoms with Crippen LogP contribution in [0.2, 0.25) is 19.6 Å². The summed E-state index contributed by atoms with van der Waals surface area (Å²) in [6.07, 6.45) is 1.89. The molecule has 0 bridgehead atoms. The van der Waals surface area contributed by atoms with Crippen molar-refractivity contribution in [2.45, 2.75) is 46.0 Å². The lowest BCUT2D eigenvalue weighted by Crippen LogP contribution is -2.37. The van der Waals surface area contributed by atoms with Gasteiger partial charge in [-0.25, -0.2) is 0 Å². The van der Waals surface area contributed by atoms with Crippen molar-refractivity contribution in [1.82, 2.24) is 0 Å². The molecule has 0 saturated carbocycles. The van der Waals surface area contributed by atoms with Gasteiger partial charge in [0.25, 0.3) is 0 Å². The zero-order chi connectivity index (χ0) is 11.9. The summed E-state index contributed by atoms with van der Waals surface area (Å²) in [7, 11) is -1.50. The lowest BCUT2D eigenvalue weighted by atomic mass is 10.1. The molecule has 0 rings (SSSR count). The second kappa shape index (κ2) is 6.42. The summed E-state index contributed by atoms with van der Waals surface area (Å²) in [6.45, 7) is 12.7. The summed E-state index contributed by atoms with van der Waals surface area (Å²) in [5.41, 5.74) is -0.328. The van der Waals surface area contributed by atoms with Crippen molar-refractivity contribution in [1.29, 1.82) is 0 Å². The summed E-state index contributed by atoms with van der Waals surface area (Å²) in [5, 5.41) is 2.03. The quantitative estimate of drug-likeness (QED) is 0.546. The Morgan fingerprint density at radius 1 is 1.33 bits per heavy atom. The molecule has 0 saturated heterocycles. The predicted molar refractivity (Wildman–Crippen MR) is 73.6 cm³/mol. The molecule has 0 aromatic carbocycles. The fraction of sp³-hybridized carbons (Fsp3) is 0.667. The van der Waals surface area contributed by atoms with Crippen molar-refractivity contribution in [3.63, 3.8) is 0 Å². The molecule has 0 fully saturated rings. The second-order valence-corrected chi connectivity index (χ2v) is 10.4. The molecule has 86 valence electrons. The standard InChI is InChI=1S/C12H22OSSi/c1-7-14-11-9-8-10-12(2,3)13-15(4,5)6/h9,11H,7H2,1-6H3/b11-9+. The molecule has 0 aliphatic carbocycles. The van der Waals surface area contributed by atoms with Gasteiger partial charge in [0.1, 0.15) is 5.60 Å². The maximum absolute atomic E-state index is 5.96. The summed E-state index contributed by atoms with van der Waals surface area (Å²) in [6, 6.07) is 0. The normalized spacial score (nSPS) is 12.7. The van der Waals surface area contributed by atoms with Gasteiger partial charge in [0.2, 0.25) is 0 Å². The summed E-state index contributed by atoms with van der Waals surface area (Å²) < 4.78 is 5.96. The Labute approximate surface area is 99.8 Å². The van der Waals surface area contributed by atoms with Gasteiger partial charge in [-0.2, -0.15) is 0 Å². The van der Waals surface area contributed by atoms with Crippen LogP contribution in [0.1, 0.15) is 20.8 Å². The van der Waals surface area contributed by atoms with E-state index in [0.29, 0.717) is 0 Å². The Morgan fingerprint density at radius 3 is 2.40 bits per heavy atom. The Bertz CT molecular complexity index is 266. The van der Waals surface area contributed by atoms with Crippen LogP contribution >= 0.6 is 11.8 Å². The number of rotatable bonds is 4. The molecule has 0 aliphatic rings. The van der Waals surface area contributed by atoms with Gasteiger partial charge in [0.15, 0.2) is 8.32 Å². The van der Waals surface area contributed by atoms with E-state index in [0.717, 1.165) is 5.75 Å². The van der Waals surface area contributed by atoms with E-state index in [9.17, 15) is 0 Å². The predicted octanol–water partition coefficient (Wildman–Crippen LogP) is 3.89. The van der Waals surface area contributed by atoms with Crippen molar-refractivity contribution < 1.29 is 4.43 Å². The SMILES string of the molecule is CCS/C=C/C#CC(C)(C)O[Si](C)(C)C. The summed E-state index contributed by atoms with van der Waals surface area (Å²) in [5.74, 6) is 7.26. The molecule has 0 spiro atoms. The first kappa shape index (κ1) is 14.8. The van der Waals surface area contributed by atoms with Crippen molar-refractivity contribution in [2.75, 3.05) is 5.75 Å². The van der Waals surface area contributed by atoms with E-state index in [1.54, 1.807) is 11.8 Å². The van der Waals surface area contributed by atoms with Crippen molar-refractivity contribution in [2.24, 2.45) is 0 Å². The van der Waals surface area contributed by atoms with Crippen LogP contribution in [-0.4, -0.2) is 19.7 Å². The molecule has 0 aliphatic heterocycles. The van der Waals surface area contributed by atoms with Gasteiger partial charge < -0.3 is 4.43 Å². The maximum Gasteiger partial charge on any atom is 0.185 e. The lowest BCUT2D eigenvalue weighted by molar-refractivity contribution is 0.164. The van der Waals surface area contributed by atoms with Gasteiger partial charge in [0, 0.05) is 0 Å². The monoisotopic (exact) mass is 242 g/mol. The second-order valence-electron chi connectivity index (χ2n) is 4.75. The third-order valence-electron chi connectivity index (χ3n) is 1.35. The molecule has 0 aromatic heterocycles. The smallest absolute Gasteiger partial charge is 0.185 e. The molecule has 0 heterocycles. The Morgan fingerprint density at radius 2 is 1.93 bits per heavy atom. The largest absolute Gasteiger partial charge is 0.402 e. The number of allylic oxidation sites excluding steroid dienone is 1. The molecule has 0 aromatic rings. The van der Waals surface area contributed by atoms with Gasteiger partial charge >= 0.3 is 0 Å². The van der Waals surface area contributed by atoms with Crippen molar-refractivity contribution in [3.8, 4) is 11.8 Å². The van der Waals surface area contributed by atoms with Crippen LogP contribution < -0.4 is 0 Å². The van der Waals surface area contributed by atoms with Crippen LogP contribution in [0, 0.1) is 11.8 Å². The van der Waals surface area contributed by atoms with Crippen LogP contribution in [0.4, 0.5) is 0 Å². The number of thioether (sulfide) groups is 1. The molecule has 0 amide bonds. The first-order valence-electron chi connectivity index (χ1n) is 5.26. The molecular formula is C12H22OSSi. The minimum Gasteiger partial charge on any atom is -0.402 e. The van der Waals surface area contributed by atoms with Crippen LogP contribution in [-0.2, 0) is 4.43 Å². The Balaban J connectivity index is 4.24. The highest BCUT2D eigenvalue weighted by atomic mass is 32.2. The zero-order valence-corrected chi connectivity index (χ0v) is 12.5. The minimum absolute atomic E-state index is 0.328. The van der Waals surface area contributed by atoms with Crippen molar-refractivity contribution in [3.05, 3.63) is 11.5 Å². The fourth-order valence-electron chi connectivity index (χ4n) is 1.18. The van der Waals surface area contributed by atoms with Crippen LogP contribution in [0.5, 0.6) is 0 Å². The third-order valence-corrected chi connectivity index (χ3v) is 3.13. The van der Waals surface area contributed by atoms with Crippen molar-refractivity contribution >= 4 is 20.1 Å². The van der Waals surface area contributed by atoms with E-state index in [4.69, 9.17) is 4.43 Å². The zero-order valence-electron chi connectivity index (χ0n) is 10.7. The third kappa shape index (κ3) is 10.1. The first-order chi connectivity index (χ1) is 6.77. The Kier molecular flexibility index (Phi) is 6.34. The van der Waals surface area contributed by atoms with E-state index in [2.05, 4.69) is 38.4 Å². The molecule has 15 heavy (non-hydrogen) atoms. The highest BCUT2D eigenvalue weighted by Crippen LogP contribution is 2.16. The van der Waals surface area contributed by atoms with Gasteiger partial charge in [0.05, 0.1) is 0 Å². The topological polar surface area (TPSA) is 9.23 Å². The summed E-state index contributed by atoms with van der Waals surface area (Å²) in [4.78, 5) is 0. The van der Waals surface area contributed by atoms with Gasteiger partial charge in [-0.1, -0.05) is 18.8 Å². The average Bonchev–Trinajstić information content (AvgIpc) is 1.99. The molecule has 0 radical (unpaired) electrons. The molecular weight excluding hydrogens is 220 g/mol. The molecule has 3 heteroatoms. The lowest BCUT2D eigenvalue weighted by Gasteiger charge is -2.28. The van der Waals surface area contributed by atoms with E-state index < -0.39 is 8.32 Å². The van der Waals surface area contributed by atoms with Crippen LogP contribution in [0.3, 0.4) is 0 Å². The molecule has 0 atom stereocenters. The first-order valence-corrected chi connectivity index (χ1v) is 9.72. The van der Waals surface area contributed by atoms with Gasteiger partial charge in [-0.05, 0) is 50.7 Å². The van der Waals surface area contributed by atoms with E-state index >= 15 is 0 Å². The van der Waals surface area contributed by atoms with Crippen LogP contribution in [0.25, 0.3) is 0 Å². The van der Waals surface area contributed by atoms with E-state index in [1.165, 1.54) is 0 Å². The fourth-order valence-corrected chi connectivity index (χ4v) is 3.12. The molecule has 0 N–H and O–H groups in total. The highest BCUT2D eigenvalue weighted by molar-refractivity contribution is 8.02. The van der Waals surface area contributed by atoms with Gasteiger partial charge in [-0.15, -0.1) is 11.8 Å². The number of hydrogen-bond donors (Lipinski definition) is 0. The summed E-state index contributed by atoms with van der Waals surface area (Å²) >= 11 is 1.76. The van der Waals surface area contributed by atoms with Crippen LogP contribution in [0.15, 0.2) is 11.5 Å². The van der Waals surface area contributed by atoms with E-state index in [1.807, 2.05) is 25.3 Å². The van der Waals surface area contributed by atoms with E-state index in [-0.39, 0.29) is 5.60 Å². The minimum atomic E-state index is -1.50. The Hall–Kier alpha value is -0.173. The highest BCUT2D eigenvalue weighted by Gasteiger charge is 2.25. The van der Waals surface area contributed by atoms with Gasteiger partial charge in [-0.3, -0.25) is 0 Å². The number of hydrogen-bond acceptors (Lipinski definition) is 2. The average molecular weight is 242 g/mol. The molecule has 1 nitrogen and oxygen atoms in total. The molecule has 0 unspecified atom stereocenters. The maximum atomic E-state index is 5.96.